The van der Waals surface area contributed by atoms with Gasteiger partial charge in [-0.05, 0) is 0 Å². The number of amides is 2. The molecule has 2 atom stereocenters. The van der Waals surface area contributed by atoms with Gasteiger partial charge in [-0.2, -0.15) is 0 Å². The van der Waals surface area contributed by atoms with Crippen molar-refractivity contribution in [1.82, 2.24) is 6.61 Å². The zero-order chi connectivity index (χ0) is 34.6. The Morgan fingerprint density at radius 1 is 0.560 bits per heavy atom. The summed E-state index contributed by atoms with van der Waals surface area (Å²) in [6, 6.07) is 35.6. The zero-order valence-corrected chi connectivity index (χ0v) is 40.3. The number of benzene rings is 4. The molecule has 2 amide bonds. The van der Waals surface area contributed by atoms with Gasteiger partial charge in [-0.15, -0.1) is 0 Å². The standard InChI is InChI=1S/2C16H13.2C4H11NOSi.2ClH.In.Zr.H/c2*1-12-10-14-8-5-9-15(16(14)11-12)13-6-3-2-4-7-13;2*1-7(2,3)4(5)6;;;;;/h2*2-11H,1H3;2*1-3H3,(H2,5,6);2*1H;;;/q;;;;;;2*+2;/p-4. The molecule has 4 aromatic carbocycles. The van der Waals surface area contributed by atoms with Crippen LogP contribution in [0.25, 0.3) is 34.4 Å². The van der Waals surface area contributed by atoms with Crippen molar-refractivity contribution in [3.05, 3.63) is 130 Å². The molecule has 0 aromatic heterocycles. The maximum atomic E-state index is 11.6. The smallest absolute Gasteiger partial charge is 1.00 e. The Bertz CT molecular complexity index is 1740. The maximum Gasteiger partial charge on any atom is -1.00 e. The number of fused-ring (bicyclic) bond motifs is 2. The molecule has 2 aliphatic carbocycles. The van der Waals surface area contributed by atoms with Gasteiger partial charge in [-0.3, -0.25) is 0 Å². The van der Waals surface area contributed by atoms with Gasteiger partial charge < -0.3 is 24.8 Å². The summed E-state index contributed by atoms with van der Waals surface area (Å²) in [7, 11) is -3.43. The van der Waals surface area contributed by atoms with Crippen LogP contribution in [0.3, 0.4) is 0 Å². The van der Waals surface area contributed by atoms with Crippen LogP contribution in [0.4, 0.5) is 9.59 Å². The molecule has 2 N–H and O–H groups in total. The summed E-state index contributed by atoms with van der Waals surface area (Å²) < 4.78 is 7.16. The van der Waals surface area contributed by atoms with Crippen LogP contribution in [-0.4, -0.2) is 50.7 Å². The summed E-state index contributed by atoms with van der Waals surface area (Å²) in [5.74, 6) is 0. The van der Waals surface area contributed by atoms with Crippen molar-refractivity contribution in [2.45, 2.75) is 60.4 Å². The number of allylic oxidation sites excluding steroid dienone is 2. The molecule has 10 heteroatoms. The quantitative estimate of drug-likeness (QED) is 0.261. The van der Waals surface area contributed by atoms with Crippen molar-refractivity contribution < 1.29 is 57.6 Å². The van der Waals surface area contributed by atoms with Crippen LogP contribution >= 0.6 is 0 Å². The third-order valence-corrected chi connectivity index (χ3v) is 22.3. The third kappa shape index (κ3) is 10.1. The first-order chi connectivity index (χ1) is 22.8. The monoisotopic (exact) mass is 918 g/mol. The predicted octanol–water partition coefficient (Wildman–Crippen LogP) is 4.24. The number of halogens is 2. The fraction of sp³-hybridized carbons (Fsp3) is 0.250. The molecular formula is C40H47Cl2InN2O2Si2Zr. The third-order valence-electron chi connectivity index (χ3n) is 8.92. The molecule has 6 rings (SSSR count). The molecule has 0 heterocycles. The largest absolute Gasteiger partial charge is 1.00 e. The molecule has 0 spiro atoms. The maximum absolute atomic E-state index is 11.6. The van der Waals surface area contributed by atoms with Crippen LogP contribution < -0.4 is 31.4 Å². The number of hydrogen-bond donors (Lipinski definition) is 2. The predicted molar refractivity (Wildman–Crippen MR) is 207 cm³/mol. The fourth-order valence-electron chi connectivity index (χ4n) is 6.19. The molecule has 4 nitrogen and oxygen atoms in total. The molecule has 0 radical (unpaired) electrons. The molecule has 0 saturated heterocycles. The molecule has 2 unspecified atom stereocenters. The Morgan fingerprint density at radius 3 is 1.26 bits per heavy atom. The van der Waals surface area contributed by atoms with Crippen LogP contribution in [0.5, 0.6) is 0 Å². The Balaban J connectivity index is 0.000000343. The van der Waals surface area contributed by atoms with Gasteiger partial charge in [0.15, 0.2) is 0 Å². The van der Waals surface area contributed by atoms with Gasteiger partial charge in [0.1, 0.15) is 0 Å². The van der Waals surface area contributed by atoms with E-state index in [4.69, 9.17) is 0 Å². The van der Waals surface area contributed by atoms with Gasteiger partial charge >= 0.3 is 315 Å². The minimum atomic E-state index is -1.72. The molecule has 2 aliphatic rings. The molecule has 258 valence electrons. The van der Waals surface area contributed by atoms with Crippen molar-refractivity contribution in [3.8, 4) is 22.3 Å². The van der Waals surface area contributed by atoms with E-state index in [9.17, 15) is 9.59 Å². The van der Waals surface area contributed by atoms with Crippen LogP contribution in [0.15, 0.2) is 108 Å². The Hall–Kier alpha value is -1.93. The number of hydrogen-bond acceptors (Lipinski definition) is 2. The van der Waals surface area contributed by atoms with Gasteiger partial charge in [0.25, 0.3) is 0 Å². The van der Waals surface area contributed by atoms with Gasteiger partial charge in [0.05, 0.1) is 0 Å². The topological polar surface area (TPSA) is 58.2 Å². The summed E-state index contributed by atoms with van der Waals surface area (Å²) in [5.41, 5.74) is 14.9. The van der Waals surface area contributed by atoms with E-state index in [1.54, 1.807) is 22.3 Å². The van der Waals surface area contributed by atoms with E-state index < -0.39 is 62.9 Å². The second kappa shape index (κ2) is 18.2. The number of rotatable bonds is 8. The van der Waals surface area contributed by atoms with E-state index in [1.807, 2.05) is 39.3 Å². The molecule has 0 fully saturated rings. The van der Waals surface area contributed by atoms with E-state index in [0.717, 1.165) is 0 Å². The van der Waals surface area contributed by atoms with E-state index in [0.29, 0.717) is 7.25 Å². The van der Waals surface area contributed by atoms with Crippen LogP contribution in [0, 0.1) is 0 Å². The summed E-state index contributed by atoms with van der Waals surface area (Å²) >= 11 is -2.44. The van der Waals surface area contributed by atoms with Crippen molar-refractivity contribution in [2.75, 3.05) is 0 Å². The zero-order valence-electron chi connectivity index (χ0n) is 30.3. The minimum absolute atomic E-state index is 0. The molecular weight excluding hydrogens is 874 g/mol. The van der Waals surface area contributed by atoms with Crippen molar-refractivity contribution in [2.24, 2.45) is 0 Å². The molecule has 50 heavy (non-hydrogen) atoms. The van der Waals surface area contributed by atoms with Gasteiger partial charge in [-0.1, -0.05) is 0 Å². The van der Waals surface area contributed by atoms with Gasteiger partial charge in [0.2, 0.25) is 0 Å². The molecule has 0 bridgehead atoms. The molecule has 4 aromatic rings. The van der Waals surface area contributed by atoms with E-state index in [2.05, 4.69) is 130 Å². The second-order valence-corrected chi connectivity index (χ2v) is 31.4. The van der Waals surface area contributed by atoms with Crippen LogP contribution in [0.1, 0.15) is 43.4 Å². The first-order valence-electron chi connectivity index (χ1n) is 16.8. The van der Waals surface area contributed by atoms with Crippen molar-refractivity contribution >= 4 is 62.8 Å². The van der Waals surface area contributed by atoms with Crippen LogP contribution in [0.2, 0.25) is 39.3 Å². The number of nitrogens with one attached hydrogen (secondary N) is 2. The summed E-state index contributed by atoms with van der Waals surface area (Å²) in [6.07, 6.45) is 4.94. The first-order valence-corrected chi connectivity index (χ1v) is 30.7. The SMILES string of the molecule is CC1=Cc2c(-c3ccccc3)cccc2[CH]1[Zr+2][CH]1C(C)=Cc2c(-c3ccccc3)cccc21.C[Si](C)(C)C(=O)[NH][InH][NH]C(=O)[Si](C)(C)C.[Cl-].[Cl-]. The normalized spacial score (nSPS) is 15.6. The number of carbonyl (C=O) groups excluding carboxylic acids is 2. The van der Waals surface area contributed by atoms with Gasteiger partial charge in [-0.25, -0.2) is 0 Å². The van der Waals surface area contributed by atoms with E-state index in [-0.39, 0.29) is 35.9 Å². The summed E-state index contributed by atoms with van der Waals surface area (Å²) in [4.78, 5) is 23.1. The molecule has 0 aliphatic heterocycles. The average Bonchev–Trinajstić information content (AvgIpc) is 3.56. The van der Waals surface area contributed by atoms with Crippen molar-refractivity contribution in [3.63, 3.8) is 0 Å². The fourth-order valence-corrected chi connectivity index (χ4v) is 23.3. The summed E-state index contributed by atoms with van der Waals surface area (Å²) in [6.45, 7) is 16.8. The molecule has 0 saturated carbocycles. The minimum Gasteiger partial charge on any atom is -1.00 e. The van der Waals surface area contributed by atoms with Crippen molar-refractivity contribution in [1.29, 1.82) is 0 Å². The average molecular weight is 921 g/mol. The first kappa shape index (κ1) is 42.5. The second-order valence-electron chi connectivity index (χ2n) is 14.8. The Kier molecular flexibility index (Phi) is 15.5. The summed E-state index contributed by atoms with van der Waals surface area (Å²) in [5, 5.41) is 0. The van der Waals surface area contributed by atoms with Crippen LogP contribution in [-0.2, 0) is 23.2 Å². The van der Waals surface area contributed by atoms with E-state index in [1.165, 1.54) is 33.4 Å². The number of carbonyl (C=O) groups is 2. The Morgan fingerprint density at radius 2 is 0.920 bits per heavy atom. The Labute approximate surface area is 337 Å². The van der Waals surface area contributed by atoms with E-state index >= 15 is 0 Å². The van der Waals surface area contributed by atoms with Gasteiger partial charge in [0, 0.05) is 0 Å².